The highest BCUT2D eigenvalue weighted by atomic mass is 79.9. The van der Waals surface area contributed by atoms with Crippen LogP contribution in [0.2, 0.25) is 0 Å². The number of likely N-dealkylation sites (tertiary alicyclic amines) is 1. The molecule has 3 aromatic carbocycles. The maximum absolute atomic E-state index is 13.6. The molecule has 188 valence electrons. The van der Waals surface area contributed by atoms with Gasteiger partial charge < -0.3 is 13.9 Å². The number of carbonyl (C=O) groups excluding carboxylic acids is 1. The van der Waals surface area contributed by atoms with Crippen molar-refractivity contribution in [3.8, 4) is 22.6 Å². The topological polar surface area (TPSA) is 51.9 Å². The molecule has 37 heavy (non-hydrogen) atoms. The molecule has 6 rings (SSSR count). The van der Waals surface area contributed by atoms with Crippen LogP contribution < -0.4 is 9.47 Å². The van der Waals surface area contributed by atoms with E-state index in [4.69, 9.17) is 13.9 Å². The van der Waals surface area contributed by atoms with Gasteiger partial charge in [0.05, 0.1) is 6.26 Å². The van der Waals surface area contributed by atoms with Crippen molar-refractivity contribution < 1.29 is 18.7 Å². The number of benzene rings is 3. The molecule has 6 heteroatoms. The summed E-state index contributed by atoms with van der Waals surface area (Å²) >= 11 is 3.45. The minimum Gasteiger partial charge on any atom is -0.475 e. The van der Waals surface area contributed by atoms with E-state index in [0.29, 0.717) is 16.9 Å². The molecule has 1 unspecified atom stereocenters. The van der Waals surface area contributed by atoms with Crippen molar-refractivity contribution in [2.24, 2.45) is 0 Å². The smallest absolute Gasteiger partial charge is 0.228 e. The number of hydrogen-bond donors (Lipinski definition) is 0. The van der Waals surface area contributed by atoms with E-state index < -0.39 is 0 Å². The molecule has 1 aromatic heterocycles. The van der Waals surface area contributed by atoms with Gasteiger partial charge in [-0.25, -0.2) is 0 Å². The van der Waals surface area contributed by atoms with Crippen molar-refractivity contribution in [3.63, 3.8) is 0 Å². The molecule has 4 aromatic rings. The minimum atomic E-state index is -0.158. The van der Waals surface area contributed by atoms with E-state index in [-0.39, 0.29) is 12.0 Å². The summed E-state index contributed by atoms with van der Waals surface area (Å²) in [6.07, 6.45) is 8.21. The van der Waals surface area contributed by atoms with Gasteiger partial charge in [-0.1, -0.05) is 34.5 Å². The van der Waals surface area contributed by atoms with E-state index in [9.17, 15) is 4.79 Å². The Kier molecular flexibility index (Phi) is 6.61. The van der Waals surface area contributed by atoms with Crippen LogP contribution in [0.4, 0.5) is 0 Å². The number of rotatable bonds is 6. The number of fused-ring (bicyclic) bond motifs is 2. The number of piperidine rings is 1. The number of nitrogens with zero attached hydrogens (tertiary/aromatic N) is 1. The summed E-state index contributed by atoms with van der Waals surface area (Å²) in [7, 11) is 0. The Hall–Kier alpha value is -3.35. The normalized spacial score (nSPS) is 16.3. The van der Waals surface area contributed by atoms with Gasteiger partial charge in [0, 0.05) is 40.1 Å². The van der Waals surface area contributed by atoms with E-state index in [0.717, 1.165) is 57.6 Å². The van der Waals surface area contributed by atoms with Crippen molar-refractivity contribution in [2.45, 2.75) is 38.8 Å². The summed E-state index contributed by atoms with van der Waals surface area (Å²) in [5.74, 6) is 1.73. The van der Waals surface area contributed by atoms with Crippen molar-refractivity contribution in [1.29, 1.82) is 0 Å². The van der Waals surface area contributed by atoms with Crippen molar-refractivity contribution >= 4 is 32.7 Å². The van der Waals surface area contributed by atoms with Gasteiger partial charge in [0.25, 0.3) is 0 Å². The monoisotopic (exact) mass is 557 g/mol. The van der Waals surface area contributed by atoms with Gasteiger partial charge in [-0.2, -0.15) is 0 Å². The summed E-state index contributed by atoms with van der Waals surface area (Å²) < 4.78 is 19.1. The highest BCUT2D eigenvalue weighted by Crippen LogP contribution is 2.40. The largest absolute Gasteiger partial charge is 0.475 e. The number of carbonyl (C=O) groups is 1. The van der Waals surface area contributed by atoms with Crippen LogP contribution in [-0.4, -0.2) is 30.0 Å². The Morgan fingerprint density at radius 2 is 1.76 bits per heavy atom. The SMILES string of the molecule is CC(Oc1ccc(-c2c(C(=O)c3ccc(Br)cc3)oc3cc4c(cc23)CC=CO4)cc1)N1CCCCC1. The number of ether oxygens (including phenoxy) is 2. The maximum atomic E-state index is 13.6. The molecule has 2 aliphatic heterocycles. The van der Waals surface area contributed by atoms with Crippen molar-refractivity contribution in [3.05, 3.63) is 94.4 Å². The Bertz CT molecular complexity index is 1460. The summed E-state index contributed by atoms with van der Waals surface area (Å²) in [6.45, 7) is 4.26. The molecule has 0 saturated carbocycles. The number of furan rings is 1. The lowest BCUT2D eigenvalue weighted by Gasteiger charge is -2.32. The average Bonchev–Trinajstić information content (AvgIpc) is 3.31. The first-order chi connectivity index (χ1) is 18.1. The van der Waals surface area contributed by atoms with Gasteiger partial charge in [-0.15, -0.1) is 0 Å². The lowest BCUT2D eigenvalue weighted by atomic mass is 9.96. The highest BCUT2D eigenvalue weighted by molar-refractivity contribution is 9.10. The first kappa shape index (κ1) is 24.0. The van der Waals surface area contributed by atoms with E-state index in [1.165, 1.54) is 19.3 Å². The zero-order valence-electron chi connectivity index (χ0n) is 20.7. The third-order valence-corrected chi connectivity index (χ3v) is 7.70. The number of halogens is 1. The highest BCUT2D eigenvalue weighted by Gasteiger charge is 2.25. The Morgan fingerprint density at radius 3 is 2.51 bits per heavy atom. The molecule has 0 amide bonds. The number of ketones is 1. The summed E-state index contributed by atoms with van der Waals surface area (Å²) in [6, 6.07) is 19.3. The molecule has 3 heterocycles. The molecule has 5 nitrogen and oxygen atoms in total. The van der Waals surface area contributed by atoms with Crippen molar-refractivity contribution in [1.82, 2.24) is 4.90 Å². The van der Waals surface area contributed by atoms with Crippen LogP contribution in [0, 0.1) is 0 Å². The number of allylic oxidation sites excluding steroid dienone is 1. The Balaban J connectivity index is 1.38. The standard InChI is InChI=1S/C31H28BrNO4/c1-20(33-15-3-2-4-16-33)36-25-13-9-21(10-14-25)29-26-18-23-6-5-17-35-27(23)19-28(26)37-31(29)30(34)22-7-11-24(32)12-8-22/h5,7-14,17-20H,2-4,6,15-16H2,1H3. The van der Waals surface area contributed by atoms with Crippen molar-refractivity contribution in [2.75, 3.05) is 13.1 Å². The molecule has 0 aliphatic carbocycles. The molecule has 1 saturated heterocycles. The van der Waals surface area contributed by atoms with E-state index in [1.54, 1.807) is 18.4 Å². The summed E-state index contributed by atoms with van der Waals surface area (Å²) in [5.41, 5.74) is 3.96. The van der Waals surface area contributed by atoms with Crippen LogP contribution in [0.3, 0.4) is 0 Å². The van der Waals surface area contributed by atoms with E-state index in [1.807, 2.05) is 48.5 Å². The molecule has 2 aliphatic rings. The fraction of sp³-hybridized carbons (Fsp3) is 0.258. The van der Waals surface area contributed by atoms with Crippen LogP contribution in [0.15, 0.2) is 81.9 Å². The van der Waals surface area contributed by atoms with Gasteiger partial charge in [0.1, 0.15) is 23.3 Å². The van der Waals surface area contributed by atoms with Crippen LogP contribution >= 0.6 is 15.9 Å². The van der Waals surface area contributed by atoms with E-state index in [2.05, 4.69) is 33.8 Å². The third-order valence-electron chi connectivity index (χ3n) is 7.17. The van der Waals surface area contributed by atoms with Crippen LogP contribution in [0.25, 0.3) is 22.1 Å². The maximum Gasteiger partial charge on any atom is 0.228 e. The molecule has 0 N–H and O–H groups in total. The molecule has 0 radical (unpaired) electrons. The molecular formula is C31H28BrNO4. The predicted octanol–water partition coefficient (Wildman–Crippen LogP) is 7.75. The third kappa shape index (κ3) is 4.83. The van der Waals surface area contributed by atoms with Gasteiger partial charge in [-0.05, 0) is 85.9 Å². The minimum absolute atomic E-state index is 0.0232. The zero-order chi connectivity index (χ0) is 25.4. The number of hydrogen-bond acceptors (Lipinski definition) is 5. The lowest BCUT2D eigenvalue weighted by Crippen LogP contribution is -2.40. The summed E-state index contributed by atoms with van der Waals surface area (Å²) in [5, 5.41) is 0.897. The molecule has 0 bridgehead atoms. The molecule has 1 fully saturated rings. The van der Waals surface area contributed by atoms with Crippen LogP contribution in [-0.2, 0) is 6.42 Å². The zero-order valence-corrected chi connectivity index (χ0v) is 22.3. The molecule has 1 atom stereocenters. The average molecular weight is 558 g/mol. The first-order valence-corrected chi connectivity index (χ1v) is 13.6. The predicted molar refractivity (Wildman–Crippen MR) is 148 cm³/mol. The summed E-state index contributed by atoms with van der Waals surface area (Å²) in [4.78, 5) is 16.0. The Morgan fingerprint density at radius 1 is 1.00 bits per heavy atom. The fourth-order valence-corrected chi connectivity index (χ4v) is 5.43. The second kappa shape index (κ2) is 10.2. The molecule has 0 spiro atoms. The van der Waals surface area contributed by atoms with Gasteiger partial charge in [0.2, 0.25) is 5.78 Å². The Labute approximate surface area is 224 Å². The second-order valence-corrected chi connectivity index (χ2v) is 10.5. The first-order valence-electron chi connectivity index (χ1n) is 12.8. The second-order valence-electron chi connectivity index (χ2n) is 9.63. The van der Waals surface area contributed by atoms with Gasteiger partial charge in [-0.3, -0.25) is 9.69 Å². The van der Waals surface area contributed by atoms with Gasteiger partial charge in [0.15, 0.2) is 5.76 Å². The molecular weight excluding hydrogens is 530 g/mol. The fourth-order valence-electron chi connectivity index (χ4n) is 5.17. The van der Waals surface area contributed by atoms with Crippen LogP contribution in [0.5, 0.6) is 11.5 Å². The van der Waals surface area contributed by atoms with Crippen LogP contribution in [0.1, 0.15) is 47.9 Å². The lowest BCUT2D eigenvalue weighted by molar-refractivity contribution is 0.0262. The van der Waals surface area contributed by atoms with E-state index >= 15 is 0 Å². The quantitative estimate of drug-likeness (QED) is 0.227. The van der Waals surface area contributed by atoms with Gasteiger partial charge >= 0.3 is 0 Å².